The molecule has 0 bridgehead atoms. The fraction of sp³-hybridized carbons (Fsp3) is 0.364. The summed E-state index contributed by atoms with van der Waals surface area (Å²) in [5.41, 5.74) is 3.84. The Morgan fingerprint density at radius 1 is 1.09 bits per heavy atom. The van der Waals surface area contributed by atoms with Gasteiger partial charge in [0.25, 0.3) is 0 Å². The van der Waals surface area contributed by atoms with Crippen molar-refractivity contribution in [1.82, 2.24) is 0 Å². The van der Waals surface area contributed by atoms with E-state index in [4.69, 9.17) is 0 Å². The summed E-state index contributed by atoms with van der Waals surface area (Å²) in [5, 5.41) is 2.66. The molecule has 22 heavy (non-hydrogen) atoms. The second kappa shape index (κ2) is 7.98. The molecular weight excluding hydrogens is 264 g/mol. The highest BCUT2D eigenvalue weighted by atomic mass is 14.2. The van der Waals surface area contributed by atoms with Gasteiger partial charge in [0, 0.05) is 5.92 Å². The molecule has 1 atom stereocenters. The summed E-state index contributed by atoms with van der Waals surface area (Å²) in [5.74, 6) is 0.412. The van der Waals surface area contributed by atoms with Gasteiger partial charge < -0.3 is 0 Å². The number of hydrogen-bond acceptors (Lipinski definition) is 0. The Morgan fingerprint density at radius 2 is 1.86 bits per heavy atom. The first-order valence-corrected chi connectivity index (χ1v) is 8.49. The lowest BCUT2D eigenvalue weighted by molar-refractivity contribution is 0.605. The SMILES string of the molecule is C=CC(CCCCCC)c1c(C(=C)C)ccc2ccccc12. The average molecular weight is 292 g/mol. The fourth-order valence-electron chi connectivity index (χ4n) is 3.24. The zero-order valence-electron chi connectivity index (χ0n) is 14.1. The summed E-state index contributed by atoms with van der Waals surface area (Å²) in [4.78, 5) is 0. The summed E-state index contributed by atoms with van der Waals surface area (Å²) in [6.45, 7) is 12.7. The van der Waals surface area contributed by atoms with Crippen LogP contribution in [-0.2, 0) is 0 Å². The van der Waals surface area contributed by atoms with Gasteiger partial charge in [0.2, 0.25) is 0 Å². The Morgan fingerprint density at radius 3 is 2.55 bits per heavy atom. The molecule has 0 aliphatic heterocycles. The molecule has 0 saturated heterocycles. The molecule has 2 aromatic carbocycles. The Balaban J connectivity index is 2.42. The monoisotopic (exact) mass is 292 g/mol. The molecule has 0 radical (unpaired) electrons. The van der Waals surface area contributed by atoms with E-state index in [1.165, 1.54) is 54.0 Å². The molecule has 0 heterocycles. The van der Waals surface area contributed by atoms with Crippen LogP contribution in [0.25, 0.3) is 16.3 Å². The van der Waals surface area contributed by atoms with Gasteiger partial charge in [0.05, 0.1) is 0 Å². The topological polar surface area (TPSA) is 0 Å². The van der Waals surface area contributed by atoms with Crippen molar-refractivity contribution in [3.05, 3.63) is 66.8 Å². The van der Waals surface area contributed by atoms with Crippen LogP contribution < -0.4 is 0 Å². The van der Waals surface area contributed by atoms with Gasteiger partial charge in [-0.25, -0.2) is 0 Å². The van der Waals surface area contributed by atoms with Gasteiger partial charge in [0.1, 0.15) is 0 Å². The van der Waals surface area contributed by atoms with Crippen LogP contribution >= 0.6 is 0 Å². The van der Waals surface area contributed by atoms with E-state index >= 15 is 0 Å². The first-order chi connectivity index (χ1) is 10.7. The van der Waals surface area contributed by atoms with Crippen molar-refractivity contribution < 1.29 is 0 Å². The zero-order valence-corrected chi connectivity index (χ0v) is 14.1. The Kier molecular flexibility index (Phi) is 6.00. The number of benzene rings is 2. The van der Waals surface area contributed by atoms with Gasteiger partial charge in [-0.2, -0.15) is 0 Å². The zero-order chi connectivity index (χ0) is 15.9. The van der Waals surface area contributed by atoms with Gasteiger partial charge in [-0.1, -0.05) is 87.2 Å². The van der Waals surface area contributed by atoms with E-state index in [2.05, 4.69) is 69.5 Å². The molecule has 0 heteroatoms. The normalized spacial score (nSPS) is 12.3. The van der Waals surface area contributed by atoms with E-state index in [1.807, 2.05) is 0 Å². The Labute approximate surface area is 135 Å². The highest BCUT2D eigenvalue weighted by molar-refractivity contribution is 5.90. The third-order valence-electron chi connectivity index (χ3n) is 4.45. The second-order valence-corrected chi connectivity index (χ2v) is 6.22. The number of unbranched alkanes of at least 4 members (excludes halogenated alkanes) is 3. The van der Waals surface area contributed by atoms with Gasteiger partial charge in [-0.05, 0) is 35.2 Å². The molecule has 0 fully saturated rings. The molecule has 0 aliphatic rings. The van der Waals surface area contributed by atoms with Gasteiger partial charge in [-0.15, -0.1) is 6.58 Å². The highest BCUT2D eigenvalue weighted by Crippen LogP contribution is 2.35. The van der Waals surface area contributed by atoms with Crippen molar-refractivity contribution in [3.63, 3.8) is 0 Å². The molecule has 0 spiro atoms. The van der Waals surface area contributed by atoms with Crippen LogP contribution in [0.15, 0.2) is 55.6 Å². The lowest BCUT2D eigenvalue weighted by Gasteiger charge is -2.20. The Bertz CT molecular complexity index is 648. The Hall–Kier alpha value is -1.82. The van der Waals surface area contributed by atoms with E-state index in [0.29, 0.717) is 5.92 Å². The minimum atomic E-state index is 0.412. The summed E-state index contributed by atoms with van der Waals surface area (Å²) in [6.07, 6.45) is 8.49. The summed E-state index contributed by atoms with van der Waals surface area (Å²) < 4.78 is 0. The molecule has 1 unspecified atom stereocenters. The molecule has 0 aliphatic carbocycles. The predicted molar refractivity (Wildman–Crippen MR) is 100 cm³/mol. The van der Waals surface area contributed by atoms with E-state index < -0.39 is 0 Å². The molecule has 0 nitrogen and oxygen atoms in total. The quantitative estimate of drug-likeness (QED) is 0.359. The first kappa shape index (κ1) is 16.5. The molecule has 0 saturated carbocycles. The van der Waals surface area contributed by atoms with Crippen LogP contribution in [0.2, 0.25) is 0 Å². The number of fused-ring (bicyclic) bond motifs is 1. The maximum atomic E-state index is 4.18. The molecule has 0 amide bonds. The highest BCUT2D eigenvalue weighted by Gasteiger charge is 2.16. The van der Waals surface area contributed by atoms with Crippen molar-refractivity contribution >= 4 is 16.3 Å². The second-order valence-electron chi connectivity index (χ2n) is 6.22. The molecular formula is C22H28. The first-order valence-electron chi connectivity index (χ1n) is 8.49. The maximum absolute atomic E-state index is 4.18. The van der Waals surface area contributed by atoms with Crippen LogP contribution in [0.3, 0.4) is 0 Å². The van der Waals surface area contributed by atoms with Crippen LogP contribution in [0, 0.1) is 0 Å². The lowest BCUT2D eigenvalue weighted by Crippen LogP contribution is -2.01. The largest absolute Gasteiger partial charge is 0.102 e. The smallest absolute Gasteiger partial charge is 0.00274 e. The van der Waals surface area contributed by atoms with Crippen molar-refractivity contribution in [2.24, 2.45) is 0 Å². The average Bonchev–Trinajstić information content (AvgIpc) is 2.54. The minimum Gasteiger partial charge on any atom is -0.102 e. The van der Waals surface area contributed by atoms with E-state index in [9.17, 15) is 0 Å². The number of rotatable bonds is 8. The molecule has 2 rings (SSSR count). The standard InChI is InChI=1S/C22H28/c1-5-7-8-9-12-18(6-2)22-20(17(3)4)16-15-19-13-10-11-14-21(19)22/h6,10-11,13-16,18H,2-3,5,7-9,12H2,1,4H3. The van der Waals surface area contributed by atoms with Crippen LogP contribution in [0.1, 0.15) is 63.0 Å². The molecule has 0 N–H and O–H groups in total. The summed E-state index contributed by atoms with van der Waals surface area (Å²) in [7, 11) is 0. The van der Waals surface area contributed by atoms with E-state index in [-0.39, 0.29) is 0 Å². The van der Waals surface area contributed by atoms with E-state index in [1.54, 1.807) is 0 Å². The van der Waals surface area contributed by atoms with Crippen LogP contribution in [-0.4, -0.2) is 0 Å². The van der Waals surface area contributed by atoms with Gasteiger partial charge in [-0.3, -0.25) is 0 Å². The molecule has 116 valence electrons. The molecule has 0 aromatic heterocycles. The van der Waals surface area contributed by atoms with Gasteiger partial charge >= 0.3 is 0 Å². The summed E-state index contributed by atoms with van der Waals surface area (Å²) in [6, 6.07) is 13.1. The fourth-order valence-corrected chi connectivity index (χ4v) is 3.24. The van der Waals surface area contributed by atoms with Gasteiger partial charge in [0.15, 0.2) is 0 Å². The van der Waals surface area contributed by atoms with E-state index in [0.717, 1.165) is 5.57 Å². The summed E-state index contributed by atoms with van der Waals surface area (Å²) >= 11 is 0. The minimum absolute atomic E-state index is 0.412. The predicted octanol–water partition coefficient (Wildman–Crippen LogP) is 7.11. The lowest BCUT2D eigenvalue weighted by atomic mass is 9.84. The van der Waals surface area contributed by atoms with Crippen LogP contribution in [0.5, 0.6) is 0 Å². The van der Waals surface area contributed by atoms with Crippen molar-refractivity contribution in [1.29, 1.82) is 0 Å². The van der Waals surface area contributed by atoms with Crippen molar-refractivity contribution in [2.45, 2.75) is 51.9 Å². The molecule has 2 aromatic rings. The van der Waals surface area contributed by atoms with Crippen molar-refractivity contribution in [2.75, 3.05) is 0 Å². The van der Waals surface area contributed by atoms with Crippen LogP contribution in [0.4, 0.5) is 0 Å². The van der Waals surface area contributed by atoms with Crippen molar-refractivity contribution in [3.8, 4) is 0 Å². The third kappa shape index (κ3) is 3.68. The maximum Gasteiger partial charge on any atom is 0.00274 e. The number of allylic oxidation sites excluding steroid dienone is 2. The third-order valence-corrected chi connectivity index (χ3v) is 4.45. The number of hydrogen-bond donors (Lipinski definition) is 0.